The van der Waals surface area contributed by atoms with Gasteiger partial charge in [-0.15, -0.1) is 0 Å². The molecule has 2 saturated heterocycles. The zero-order valence-electron chi connectivity index (χ0n) is 12.5. The fourth-order valence-corrected chi connectivity index (χ4v) is 4.03. The lowest BCUT2D eigenvalue weighted by Crippen LogP contribution is -2.43. The number of rotatable bonds is 4. The van der Waals surface area contributed by atoms with E-state index in [-0.39, 0.29) is 6.04 Å². The first-order chi connectivity index (χ1) is 9.74. The van der Waals surface area contributed by atoms with E-state index in [1.54, 1.807) is 19.5 Å². The normalized spacial score (nSPS) is 31.2. The third kappa shape index (κ3) is 2.29. The SMILES string of the molecule is CNC(c1nccnc1OC)C1CC2CCC(C1)N2C. The van der Waals surface area contributed by atoms with Crippen LogP contribution in [0.15, 0.2) is 12.4 Å². The molecule has 3 rings (SSSR count). The summed E-state index contributed by atoms with van der Waals surface area (Å²) in [5, 5.41) is 3.45. The van der Waals surface area contributed by atoms with Crippen molar-refractivity contribution in [1.82, 2.24) is 20.2 Å². The Labute approximate surface area is 120 Å². The quantitative estimate of drug-likeness (QED) is 0.905. The molecule has 1 N–H and O–H groups in total. The van der Waals surface area contributed by atoms with E-state index in [9.17, 15) is 0 Å². The molecule has 0 saturated carbocycles. The molecule has 0 radical (unpaired) electrons. The molecule has 2 aliphatic rings. The van der Waals surface area contributed by atoms with E-state index in [1.807, 2.05) is 7.05 Å². The van der Waals surface area contributed by atoms with Gasteiger partial charge in [0.05, 0.1) is 13.2 Å². The van der Waals surface area contributed by atoms with Crippen molar-refractivity contribution in [3.05, 3.63) is 18.1 Å². The predicted molar refractivity (Wildman–Crippen MR) is 77.7 cm³/mol. The maximum atomic E-state index is 5.39. The largest absolute Gasteiger partial charge is 0.480 e. The van der Waals surface area contributed by atoms with Gasteiger partial charge in [-0.25, -0.2) is 4.98 Å². The molecule has 0 aromatic carbocycles. The zero-order chi connectivity index (χ0) is 14.1. The van der Waals surface area contributed by atoms with Gasteiger partial charge in [-0.05, 0) is 45.7 Å². The molecule has 0 spiro atoms. The highest BCUT2D eigenvalue weighted by molar-refractivity contribution is 5.22. The van der Waals surface area contributed by atoms with E-state index >= 15 is 0 Å². The van der Waals surface area contributed by atoms with Gasteiger partial charge < -0.3 is 15.0 Å². The molecule has 1 aromatic heterocycles. The summed E-state index contributed by atoms with van der Waals surface area (Å²) in [6.07, 6.45) is 8.59. The number of aromatic nitrogens is 2. The third-order valence-electron chi connectivity index (χ3n) is 5.10. The predicted octanol–water partition coefficient (Wildman–Crippen LogP) is 1.62. The first kappa shape index (κ1) is 13.8. The molecule has 110 valence electrons. The molecule has 0 amide bonds. The van der Waals surface area contributed by atoms with Crippen molar-refractivity contribution >= 4 is 0 Å². The van der Waals surface area contributed by atoms with E-state index in [2.05, 4.69) is 27.2 Å². The van der Waals surface area contributed by atoms with Crippen LogP contribution in [0.4, 0.5) is 0 Å². The molecule has 3 unspecified atom stereocenters. The average molecular weight is 276 g/mol. The van der Waals surface area contributed by atoms with Crippen LogP contribution in [0, 0.1) is 5.92 Å². The first-order valence-corrected chi connectivity index (χ1v) is 7.48. The standard InChI is InChI=1S/C15H24N4O/c1-16-13(14-15(20-3)18-7-6-17-14)10-8-11-4-5-12(9-10)19(11)2/h6-7,10-13,16H,4-5,8-9H2,1-3H3. The molecule has 20 heavy (non-hydrogen) atoms. The minimum atomic E-state index is 0.232. The van der Waals surface area contributed by atoms with Gasteiger partial charge in [-0.1, -0.05) is 0 Å². The van der Waals surface area contributed by atoms with Gasteiger partial charge in [-0.3, -0.25) is 4.98 Å². The summed E-state index contributed by atoms with van der Waals surface area (Å²) in [6, 6.07) is 1.70. The van der Waals surface area contributed by atoms with Gasteiger partial charge in [-0.2, -0.15) is 0 Å². The van der Waals surface area contributed by atoms with Crippen molar-refractivity contribution in [2.75, 3.05) is 21.2 Å². The van der Waals surface area contributed by atoms with E-state index in [0.29, 0.717) is 11.8 Å². The Hall–Kier alpha value is -1.20. The highest BCUT2D eigenvalue weighted by atomic mass is 16.5. The molecule has 0 aliphatic carbocycles. The lowest BCUT2D eigenvalue weighted by Gasteiger charge is -2.39. The molecule has 5 nitrogen and oxygen atoms in total. The molecular formula is C15H24N4O. The fourth-order valence-electron chi connectivity index (χ4n) is 4.03. The summed E-state index contributed by atoms with van der Waals surface area (Å²) < 4.78 is 5.39. The maximum absolute atomic E-state index is 5.39. The molecule has 2 aliphatic heterocycles. The summed E-state index contributed by atoms with van der Waals surface area (Å²) in [4.78, 5) is 11.4. The highest BCUT2D eigenvalue weighted by Gasteiger charge is 2.41. The Balaban J connectivity index is 1.84. The van der Waals surface area contributed by atoms with E-state index in [1.165, 1.54) is 25.7 Å². The van der Waals surface area contributed by atoms with Crippen molar-refractivity contribution in [1.29, 1.82) is 0 Å². The number of hydrogen-bond donors (Lipinski definition) is 1. The smallest absolute Gasteiger partial charge is 0.237 e. The number of fused-ring (bicyclic) bond motifs is 2. The lowest BCUT2D eigenvalue weighted by atomic mass is 9.83. The molecule has 3 atom stereocenters. The minimum absolute atomic E-state index is 0.232. The van der Waals surface area contributed by atoms with Crippen LogP contribution in [0.3, 0.4) is 0 Å². The van der Waals surface area contributed by atoms with Crippen LogP contribution in [0.25, 0.3) is 0 Å². The minimum Gasteiger partial charge on any atom is -0.480 e. The van der Waals surface area contributed by atoms with Gasteiger partial charge >= 0.3 is 0 Å². The van der Waals surface area contributed by atoms with Crippen LogP contribution < -0.4 is 10.1 Å². The molecule has 3 heterocycles. The maximum Gasteiger partial charge on any atom is 0.237 e. The average Bonchev–Trinajstić information content (AvgIpc) is 2.70. The fraction of sp³-hybridized carbons (Fsp3) is 0.733. The first-order valence-electron chi connectivity index (χ1n) is 7.48. The Bertz CT molecular complexity index is 453. The van der Waals surface area contributed by atoms with Crippen LogP contribution in [-0.2, 0) is 0 Å². The monoisotopic (exact) mass is 276 g/mol. The van der Waals surface area contributed by atoms with Crippen molar-refractivity contribution in [3.63, 3.8) is 0 Å². The van der Waals surface area contributed by atoms with Gasteiger partial charge in [0.2, 0.25) is 5.88 Å². The summed E-state index contributed by atoms with van der Waals surface area (Å²) in [5.41, 5.74) is 0.950. The van der Waals surface area contributed by atoms with Crippen LogP contribution in [0.2, 0.25) is 0 Å². The van der Waals surface area contributed by atoms with E-state index < -0.39 is 0 Å². The molecule has 2 fully saturated rings. The lowest BCUT2D eigenvalue weighted by molar-refractivity contribution is 0.112. The van der Waals surface area contributed by atoms with Crippen LogP contribution in [0.5, 0.6) is 5.88 Å². The van der Waals surface area contributed by atoms with Gasteiger partial charge in [0.25, 0.3) is 0 Å². The molecule has 5 heteroatoms. The highest BCUT2D eigenvalue weighted by Crippen LogP contribution is 2.43. The van der Waals surface area contributed by atoms with Gasteiger partial charge in [0, 0.05) is 24.5 Å². The number of piperidine rings is 1. The second-order valence-electron chi connectivity index (χ2n) is 6.00. The van der Waals surface area contributed by atoms with Crippen molar-refractivity contribution < 1.29 is 4.74 Å². The van der Waals surface area contributed by atoms with Crippen LogP contribution >= 0.6 is 0 Å². The zero-order valence-corrected chi connectivity index (χ0v) is 12.5. The Morgan fingerprint density at radius 2 is 1.90 bits per heavy atom. The molecule has 2 bridgehead atoms. The van der Waals surface area contributed by atoms with Gasteiger partial charge in [0.15, 0.2) is 0 Å². The summed E-state index contributed by atoms with van der Waals surface area (Å²) in [7, 11) is 5.95. The Morgan fingerprint density at radius 1 is 1.25 bits per heavy atom. The molecule has 1 aromatic rings. The summed E-state index contributed by atoms with van der Waals surface area (Å²) in [5.74, 6) is 1.26. The second-order valence-corrected chi connectivity index (χ2v) is 6.00. The Morgan fingerprint density at radius 3 is 2.50 bits per heavy atom. The topological polar surface area (TPSA) is 50.3 Å². The van der Waals surface area contributed by atoms with Crippen LogP contribution in [-0.4, -0.2) is 48.2 Å². The summed E-state index contributed by atoms with van der Waals surface area (Å²) >= 11 is 0. The Kier molecular flexibility index (Phi) is 3.89. The second kappa shape index (κ2) is 5.66. The molecular weight excluding hydrogens is 252 g/mol. The number of nitrogens with one attached hydrogen (secondary N) is 1. The van der Waals surface area contributed by atoms with Crippen molar-refractivity contribution in [2.45, 2.75) is 43.8 Å². The number of nitrogens with zero attached hydrogens (tertiary/aromatic N) is 3. The summed E-state index contributed by atoms with van der Waals surface area (Å²) in [6.45, 7) is 0. The van der Waals surface area contributed by atoms with Crippen LogP contribution in [0.1, 0.15) is 37.4 Å². The van der Waals surface area contributed by atoms with Crippen molar-refractivity contribution in [3.8, 4) is 5.88 Å². The number of hydrogen-bond acceptors (Lipinski definition) is 5. The van der Waals surface area contributed by atoms with E-state index in [4.69, 9.17) is 4.74 Å². The van der Waals surface area contributed by atoms with Gasteiger partial charge in [0.1, 0.15) is 5.69 Å². The number of ether oxygens (including phenoxy) is 1. The van der Waals surface area contributed by atoms with E-state index in [0.717, 1.165) is 17.8 Å². The number of methoxy groups -OCH3 is 1. The van der Waals surface area contributed by atoms with Crippen molar-refractivity contribution in [2.24, 2.45) is 5.92 Å². The third-order valence-corrected chi connectivity index (χ3v) is 5.10.